The van der Waals surface area contributed by atoms with E-state index in [1.165, 1.54) is 10.7 Å². The number of aromatic nitrogens is 1. The highest BCUT2D eigenvalue weighted by Gasteiger charge is 2.15. The lowest BCUT2D eigenvalue weighted by molar-refractivity contribution is 0.322. The zero-order chi connectivity index (χ0) is 14.5. The maximum absolute atomic E-state index is 5.79. The number of halogens is 1. The lowest BCUT2D eigenvalue weighted by atomic mass is 10.2. The lowest BCUT2D eigenvalue weighted by Gasteiger charge is -2.23. The van der Waals surface area contributed by atoms with Crippen molar-refractivity contribution < 1.29 is 4.74 Å². The Bertz CT molecular complexity index is 587. The van der Waals surface area contributed by atoms with Crippen LogP contribution in [0.25, 0.3) is 0 Å². The molecule has 0 saturated carbocycles. The number of para-hydroxylation sites is 2. The molecule has 0 spiro atoms. The van der Waals surface area contributed by atoms with Crippen LogP contribution in [0.2, 0.25) is 0 Å². The summed E-state index contributed by atoms with van der Waals surface area (Å²) in [7, 11) is 0. The van der Waals surface area contributed by atoms with Gasteiger partial charge in [-0.05, 0) is 25.0 Å². The van der Waals surface area contributed by atoms with Gasteiger partial charge in [0, 0.05) is 24.9 Å². The van der Waals surface area contributed by atoms with E-state index in [0.717, 1.165) is 50.4 Å². The average molecular weight is 323 g/mol. The molecule has 0 N–H and O–H groups in total. The van der Waals surface area contributed by atoms with Gasteiger partial charge < -0.3 is 9.64 Å². The molecule has 5 heteroatoms. The molecule has 1 aliphatic heterocycles. The van der Waals surface area contributed by atoms with Gasteiger partial charge in [0.2, 0.25) is 0 Å². The largest absolute Gasteiger partial charge is 0.491 e. The summed E-state index contributed by atoms with van der Waals surface area (Å²) in [6.07, 6.45) is 3.19. The fourth-order valence-electron chi connectivity index (χ4n) is 2.58. The Balaban J connectivity index is 1.59. The van der Waals surface area contributed by atoms with Crippen LogP contribution >= 0.6 is 22.9 Å². The minimum Gasteiger partial charge on any atom is -0.491 e. The maximum atomic E-state index is 5.79. The van der Waals surface area contributed by atoms with Crippen LogP contribution in [0.3, 0.4) is 0 Å². The molecule has 21 heavy (non-hydrogen) atoms. The van der Waals surface area contributed by atoms with E-state index in [9.17, 15) is 0 Å². The van der Waals surface area contributed by atoms with Crippen LogP contribution in [-0.2, 0) is 12.3 Å². The van der Waals surface area contributed by atoms with Crippen LogP contribution in [0, 0.1) is 0 Å². The first-order valence-electron chi connectivity index (χ1n) is 7.33. The minimum absolute atomic E-state index is 0.507. The van der Waals surface area contributed by atoms with Crippen LogP contribution < -0.4 is 9.64 Å². The molecule has 0 unspecified atom stereocenters. The summed E-state index contributed by atoms with van der Waals surface area (Å²) in [5.74, 6) is 1.52. The molecule has 1 aliphatic rings. The van der Waals surface area contributed by atoms with Gasteiger partial charge in [0.1, 0.15) is 5.75 Å². The van der Waals surface area contributed by atoms with Gasteiger partial charge in [0.25, 0.3) is 0 Å². The van der Waals surface area contributed by atoms with Gasteiger partial charge in [0.05, 0.1) is 28.9 Å². The van der Waals surface area contributed by atoms with Crippen LogP contribution in [0.1, 0.15) is 23.5 Å². The van der Waals surface area contributed by atoms with Crippen molar-refractivity contribution in [3.05, 3.63) is 40.3 Å². The highest BCUT2D eigenvalue weighted by Crippen LogP contribution is 2.30. The van der Waals surface area contributed by atoms with Gasteiger partial charge in [-0.25, -0.2) is 4.98 Å². The van der Waals surface area contributed by atoms with Crippen molar-refractivity contribution in [2.75, 3.05) is 24.6 Å². The van der Waals surface area contributed by atoms with Crippen molar-refractivity contribution >= 4 is 28.6 Å². The summed E-state index contributed by atoms with van der Waals surface area (Å²) in [5, 5.41) is 3.24. The van der Waals surface area contributed by atoms with E-state index >= 15 is 0 Å². The Morgan fingerprint density at radius 1 is 1.33 bits per heavy atom. The van der Waals surface area contributed by atoms with Crippen LogP contribution in [-0.4, -0.2) is 24.7 Å². The molecule has 1 aromatic heterocycles. The summed E-state index contributed by atoms with van der Waals surface area (Å²) in [4.78, 5) is 6.95. The smallest absolute Gasteiger partial charge is 0.142 e. The molecular formula is C16H19ClN2OS. The molecule has 112 valence electrons. The summed E-state index contributed by atoms with van der Waals surface area (Å²) >= 11 is 7.50. The van der Waals surface area contributed by atoms with Crippen molar-refractivity contribution in [2.45, 2.75) is 25.1 Å². The van der Waals surface area contributed by atoms with E-state index in [0.29, 0.717) is 5.88 Å². The molecule has 0 bridgehead atoms. The van der Waals surface area contributed by atoms with Gasteiger partial charge in [-0.15, -0.1) is 22.9 Å². The molecule has 2 heterocycles. The SMILES string of the molecule is ClCc1csc(CCCN2CCCOc3ccccc32)n1. The Hall–Kier alpha value is -1.26. The highest BCUT2D eigenvalue weighted by molar-refractivity contribution is 7.09. The summed E-state index contributed by atoms with van der Waals surface area (Å²) in [5.41, 5.74) is 2.21. The van der Waals surface area contributed by atoms with E-state index in [2.05, 4.69) is 33.5 Å². The van der Waals surface area contributed by atoms with Crippen LogP contribution in [0.15, 0.2) is 29.6 Å². The number of alkyl halides is 1. The molecule has 0 fully saturated rings. The first-order valence-corrected chi connectivity index (χ1v) is 8.74. The quantitative estimate of drug-likeness (QED) is 0.775. The molecule has 0 saturated heterocycles. The molecule has 0 radical (unpaired) electrons. The molecule has 3 rings (SSSR count). The predicted octanol–water partition coefficient (Wildman–Crippen LogP) is 4.10. The second kappa shape index (κ2) is 7.14. The highest BCUT2D eigenvalue weighted by atomic mass is 35.5. The predicted molar refractivity (Wildman–Crippen MR) is 88.8 cm³/mol. The van der Waals surface area contributed by atoms with Gasteiger partial charge in [-0.3, -0.25) is 0 Å². The number of benzene rings is 1. The van der Waals surface area contributed by atoms with Gasteiger partial charge >= 0.3 is 0 Å². The number of rotatable bonds is 5. The van der Waals surface area contributed by atoms with Gasteiger partial charge in [-0.2, -0.15) is 0 Å². The third-order valence-corrected chi connectivity index (χ3v) is 4.82. The second-order valence-electron chi connectivity index (χ2n) is 5.13. The van der Waals surface area contributed by atoms with E-state index in [-0.39, 0.29) is 0 Å². The van der Waals surface area contributed by atoms with E-state index in [1.54, 1.807) is 11.3 Å². The number of hydrogen-bond acceptors (Lipinski definition) is 4. The number of hydrogen-bond donors (Lipinski definition) is 0. The van der Waals surface area contributed by atoms with E-state index < -0.39 is 0 Å². The summed E-state index contributed by atoms with van der Waals surface area (Å²) in [6.45, 7) is 2.90. The number of anilines is 1. The summed E-state index contributed by atoms with van der Waals surface area (Å²) in [6, 6.07) is 8.32. The Morgan fingerprint density at radius 2 is 2.24 bits per heavy atom. The molecule has 2 aromatic rings. The standard InChI is InChI=1S/C16H19ClN2OS/c17-11-13-12-21-16(18-13)7-3-8-19-9-4-10-20-15-6-2-1-5-14(15)19/h1-2,5-6,12H,3-4,7-11H2. The Kier molecular flexibility index (Phi) is 4.99. The molecule has 1 aromatic carbocycles. The summed E-state index contributed by atoms with van der Waals surface area (Å²) < 4.78 is 5.79. The topological polar surface area (TPSA) is 25.4 Å². The fraction of sp³-hybridized carbons (Fsp3) is 0.438. The molecule has 0 amide bonds. The normalized spacial score (nSPS) is 14.4. The number of nitrogens with zero attached hydrogens (tertiary/aromatic N) is 2. The number of fused-ring (bicyclic) bond motifs is 1. The average Bonchev–Trinajstić information content (AvgIpc) is 2.88. The molecule has 0 aliphatic carbocycles. The van der Waals surface area contributed by atoms with Crippen molar-refractivity contribution in [2.24, 2.45) is 0 Å². The van der Waals surface area contributed by atoms with E-state index in [4.69, 9.17) is 16.3 Å². The lowest BCUT2D eigenvalue weighted by Crippen LogP contribution is -2.25. The molecule has 0 atom stereocenters. The van der Waals surface area contributed by atoms with Crippen molar-refractivity contribution in [1.82, 2.24) is 4.98 Å². The van der Waals surface area contributed by atoms with Crippen molar-refractivity contribution in [3.63, 3.8) is 0 Å². The second-order valence-corrected chi connectivity index (χ2v) is 6.34. The van der Waals surface area contributed by atoms with E-state index in [1.807, 2.05) is 6.07 Å². The van der Waals surface area contributed by atoms with Gasteiger partial charge in [0.15, 0.2) is 0 Å². The first kappa shape index (κ1) is 14.7. The maximum Gasteiger partial charge on any atom is 0.142 e. The zero-order valence-corrected chi connectivity index (χ0v) is 13.5. The van der Waals surface area contributed by atoms with Crippen LogP contribution in [0.5, 0.6) is 5.75 Å². The fourth-order valence-corrected chi connectivity index (χ4v) is 3.65. The van der Waals surface area contributed by atoms with Gasteiger partial charge in [-0.1, -0.05) is 12.1 Å². The molecular weight excluding hydrogens is 304 g/mol. The Labute approximate surface area is 134 Å². The Morgan fingerprint density at radius 3 is 3.10 bits per heavy atom. The number of ether oxygens (including phenoxy) is 1. The third kappa shape index (κ3) is 3.69. The first-order chi connectivity index (χ1) is 10.4. The van der Waals surface area contributed by atoms with Crippen molar-refractivity contribution in [1.29, 1.82) is 0 Å². The van der Waals surface area contributed by atoms with Crippen LogP contribution in [0.4, 0.5) is 5.69 Å². The zero-order valence-electron chi connectivity index (χ0n) is 11.9. The van der Waals surface area contributed by atoms with Crippen molar-refractivity contribution in [3.8, 4) is 5.75 Å². The minimum atomic E-state index is 0.507. The third-order valence-electron chi connectivity index (χ3n) is 3.59. The number of aryl methyl sites for hydroxylation is 1. The molecule has 3 nitrogen and oxygen atoms in total. The number of thiazole rings is 1. The monoisotopic (exact) mass is 322 g/mol.